The number of hydrogen-bond donors (Lipinski definition) is 0. The Labute approximate surface area is 145 Å². The number of methoxy groups -OCH3 is 1. The van der Waals surface area contributed by atoms with Crippen molar-refractivity contribution in [2.75, 3.05) is 26.9 Å². The molecule has 3 fully saturated rings. The lowest BCUT2D eigenvalue weighted by Gasteiger charge is -2.45. The number of morpholine rings is 1. The first-order chi connectivity index (χ1) is 11.8. The molecule has 2 saturated carbocycles. The molecule has 1 aliphatic heterocycles. The first-order valence-corrected chi connectivity index (χ1v) is 9.42. The van der Waals surface area contributed by atoms with E-state index in [1.807, 2.05) is 7.11 Å². The van der Waals surface area contributed by atoms with E-state index in [-0.39, 0.29) is 0 Å². The summed E-state index contributed by atoms with van der Waals surface area (Å²) in [6.45, 7) is 3.73. The third-order valence-electron chi connectivity index (χ3n) is 5.71. The first kappa shape index (κ1) is 16.4. The second-order valence-electron chi connectivity index (χ2n) is 7.52. The van der Waals surface area contributed by atoms with E-state index in [2.05, 4.69) is 29.2 Å². The number of hydrogen-bond acceptors (Lipinski definition) is 4. The molecule has 0 unspecified atom stereocenters. The van der Waals surface area contributed by atoms with Gasteiger partial charge in [0.15, 0.2) is 0 Å². The van der Waals surface area contributed by atoms with Crippen LogP contribution in [0.3, 0.4) is 0 Å². The van der Waals surface area contributed by atoms with Crippen molar-refractivity contribution < 1.29 is 14.2 Å². The van der Waals surface area contributed by atoms with Crippen LogP contribution in [0.1, 0.15) is 37.7 Å². The molecule has 3 aliphatic rings. The molecule has 2 aliphatic carbocycles. The zero-order chi connectivity index (χ0) is 16.4. The summed E-state index contributed by atoms with van der Waals surface area (Å²) in [5.74, 6) is 1.80. The molecule has 0 aromatic heterocycles. The monoisotopic (exact) mass is 331 g/mol. The summed E-state index contributed by atoms with van der Waals surface area (Å²) in [6.07, 6.45) is 6.76. The van der Waals surface area contributed by atoms with Crippen LogP contribution < -0.4 is 4.74 Å². The molecule has 4 nitrogen and oxygen atoms in total. The Morgan fingerprint density at radius 3 is 2.71 bits per heavy atom. The molecular formula is C20H29NO3. The number of ether oxygens (including phenoxy) is 3. The van der Waals surface area contributed by atoms with Gasteiger partial charge in [0.2, 0.25) is 0 Å². The molecular weight excluding hydrogens is 302 g/mol. The molecule has 0 spiro atoms. The van der Waals surface area contributed by atoms with E-state index in [1.54, 1.807) is 0 Å². The molecule has 24 heavy (non-hydrogen) atoms. The third-order valence-corrected chi connectivity index (χ3v) is 5.71. The minimum absolute atomic E-state index is 0.381. The van der Waals surface area contributed by atoms with Crippen molar-refractivity contribution in [3.63, 3.8) is 0 Å². The third kappa shape index (κ3) is 3.93. The van der Waals surface area contributed by atoms with Crippen molar-refractivity contribution >= 4 is 0 Å². The van der Waals surface area contributed by atoms with Gasteiger partial charge >= 0.3 is 0 Å². The first-order valence-electron chi connectivity index (χ1n) is 9.42. The summed E-state index contributed by atoms with van der Waals surface area (Å²) in [7, 11) is 1.83. The minimum Gasteiger partial charge on any atom is -0.493 e. The van der Waals surface area contributed by atoms with Crippen molar-refractivity contribution in [3.8, 4) is 5.75 Å². The maximum absolute atomic E-state index is 6.00. The fraction of sp³-hybridized carbons (Fsp3) is 0.700. The second kappa shape index (κ2) is 7.42. The van der Waals surface area contributed by atoms with Crippen molar-refractivity contribution in [2.24, 2.45) is 5.92 Å². The lowest BCUT2D eigenvalue weighted by molar-refractivity contribution is -0.116. The van der Waals surface area contributed by atoms with E-state index < -0.39 is 0 Å². The highest BCUT2D eigenvalue weighted by atomic mass is 16.5. The van der Waals surface area contributed by atoms with E-state index in [4.69, 9.17) is 14.2 Å². The lowest BCUT2D eigenvalue weighted by Crippen LogP contribution is -2.54. The van der Waals surface area contributed by atoms with Gasteiger partial charge in [0.25, 0.3) is 0 Å². The van der Waals surface area contributed by atoms with Gasteiger partial charge < -0.3 is 14.2 Å². The van der Waals surface area contributed by atoms with Crippen LogP contribution in [0.2, 0.25) is 0 Å². The van der Waals surface area contributed by atoms with E-state index in [1.165, 1.54) is 18.4 Å². The molecule has 3 atom stereocenters. The number of fused-ring (bicyclic) bond motifs is 1. The topological polar surface area (TPSA) is 30.9 Å². The molecule has 132 valence electrons. The van der Waals surface area contributed by atoms with Gasteiger partial charge in [0, 0.05) is 26.2 Å². The van der Waals surface area contributed by atoms with Crippen molar-refractivity contribution in [1.82, 2.24) is 4.90 Å². The molecule has 0 N–H and O–H groups in total. The molecule has 4 heteroatoms. The standard InChI is InChI=1S/C20H29NO3/c1-22-18-8-9-20-19(12-18)21(10-11-23-20)13-15-4-6-17(7-5-15)24-14-16-2-3-16/h4-7,16,18-20H,2-3,8-14H2,1H3/t18-,19+,20-/m1/s1. The quantitative estimate of drug-likeness (QED) is 0.801. The molecule has 1 aromatic rings. The van der Waals surface area contributed by atoms with E-state index in [0.29, 0.717) is 18.2 Å². The van der Waals surface area contributed by atoms with E-state index >= 15 is 0 Å². The van der Waals surface area contributed by atoms with Gasteiger partial charge in [-0.05, 0) is 55.7 Å². The van der Waals surface area contributed by atoms with Crippen molar-refractivity contribution in [1.29, 1.82) is 0 Å². The van der Waals surface area contributed by atoms with Gasteiger partial charge in [-0.3, -0.25) is 4.90 Å². The Kier molecular flexibility index (Phi) is 5.06. The van der Waals surface area contributed by atoms with Crippen LogP contribution in [0.15, 0.2) is 24.3 Å². The Balaban J connectivity index is 1.35. The van der Waals surface area contributed by atoms with Crippen LogP contribution in [0, 0.1) is 5.92 Å². The molecule has 0 amide bonds. The van der Waals surface area contributed by atoms with Crippen LogP contribution in [0.5, 0.6) is 5.75 Å². The molecule has 4 rings (SSSR count). The summed E-state index contributed by atoms with van der Waals surface area (Å²) >= 11 is 0. The van der Waals surface area contributed by atoms with Gasteiger partial charge in [-0.25, -0.2) is 0 Å². The Morgan fingerprint density at radius 1 is 1.12 bits per heavy atom. The highest BCUT2D eigenvalue weighted by Gasteiger charge is 2.37. The van der Waals surface area contributed by atoms with Gasteiger partial charge in [-0.2, -0.15) is 0 Å². The number of rotatable bonds is 6. The maximum Gasteiger partial charge on any atom is 0.119 e. The lowest BCUT2D eigenvalue weighted by atomic mass is 9.87. The average Bonchev–Trinajstić information content (AvgIpc) is 3.45. The SMILES string of the molecule is CO[C@@H]1CC[C@H]2OCCN(Cc3ccc(OCC4CC4)cc3)[C@H]2C1. The normalized spacial score (nSPS) is 30.8. The number of benzene rings is 1. The van der Waals surface area contributed by atoms with Crippen molar-refractivity contribution in [3.05, 3.63) is 29.8 Å². The Hall–Kier alpha value is -1.10. The number of nitrogens with zero attached hydrogens (tertiary/aromatic N) is 1. The predicted molar refractivity (Wildman–Crippen MR) is 93.2 cm³/mol. The zero-order valence-electron chi connectivity index (χ0n) is 14.7. The highest BCUT2D eigenvalue weighted by molar-refractivity contribution is 5.27. The second-order valence-corrected chi connectivity index (χ2v) is 7.52. The average molecular weight is 331 g/mol. The van der Waals surface area contributed by atoms with Crippen LogP contribution in [0.25, 0.3) is 0 Å². The maximum atomic E-state index is 6.00. The molecule has 1 saturated heterocycles. The van der Waals surface area contributed by atoms with E-state index in [9.17, 15) is 0 Å². The summed E-state index contributed by atoms with van der Waals surface area (Å²) in [5, 5.41) is 0. The summed E-state index contributed by atoms with van der Waals surface area (Å²) in [4.78, 5) is 2.58. The van der Waals surface area contributed by atoms with E-state index in [0.717, 1.165) is 57.2 Å². The summed E-state index contributed by atoms with van der Waals surface area (Å²) < 4.78 is 17.5. The molecule has 0 radical (unpaired) electrons. The minimum atomic E-state index is 0.381. The fourth-order valence-corrected chi connectivity index (χ4v) is 3.98. The summed E-state index contributed by atoms with van der Waals surface area (Å²) in [6, 6.07) is 9.15. The Morgan fingerprint density at radius 2 is 1.96 bits per heavy atom. The van der Waals surface area contributed by atoms with Crippen LogP contribution in [0.4, 0.5) is 0 Å². The molecule has 0 bridgehead atoms. The molecule has 1 heterocycles. The van der Waals surface area contributed by atoms with Crippen molar-refractivity contribution in [2.45, 2.75) is 56.9 Å². The largest absolute Gasteiger partial charge is 0.493 e. The smallest absolute Gasteiger partial charge is 0.119 e. The Bertz CT molecular complexity index is 528. The van der Waals surface area contributed by atoms with Crippen LogP contribution in [-0.4, -0.2) is 50.0 Å². The highest BCUT2D eigenvalue weighted by Crippen LogP contribution is 2.32. The van der Waals surface area contributed by atoms with Crippen LogP contribution in [-0.2, 0) is 16.0 Å². The van der Waals surface area contributed by atoms with Gasteiger partial charge in [-0.15, -0.1) is 0 Å². The van der Waals surface area contributed by atoms with Gasteiger partial charge in [-0.1, -0.05) is 12.1 Å². The molecule has 1 aromatic carbocycles. The van der Waals surface area contributed by atoms with Crippen LogP contribution >= 0.6 is 0 Å². The summed E-state index contributed by atoms with van der Waals surface area (Å²) in [5.41, 5.74) is 1.36. The predicted octanol–water partition coefficient (Wildman–Crippen LogP) is 3.24. The fourth-order valence-electron chi connectivity index (χ4n) is 3.98. The van der Waals surface area contributed by atoms with Gasteiger partial charge in [0.1, 0.15) is 5.75 Å². The van der Waals surface area contributed by atoms with Gasteiger partial charge in [0.05, 0.1) is 25.4 Å². The zero-order valence-corrected chi connectivity index (χ0v) is 14.7.